The van der Waals surface area contributed by atoms with Gasteiger partial charge < -0.3 is 10.1 Å². The summed E-state index contributed by atoms with van der Waals surface area (Å²) in [6.07, 6.45) is 0. The number of ether oxygens (including phenoxy) is 1. The molecule has 2 aromatic rings. The highest BCUT2D eigenvalue weighted by Gasteiger charge is 2.03. The molecule has 0 atom stereocenters. The number of carbonyl (C=O) groups is 1. The van der Waals surface area contributed by atoms with Crippen LogP contribution in [0, 0.1) is 0 Å². The van der Waals surface area contributed by atoms with Crippen LogP contribution in [0.25, 0.3) is 0 Å². The predicted octanol–water partition coefficient (Wildman–Crippen LogP) is 3.83. The van der Waals surface area contributed by atoms with Crippen LogP contribution < -0.4 is 10.1 Å². The highest BCUT2D eigenvalue weighted by molar-refractivity contribution is 7.99. The Bertz CT molecular complexity index is 561. The molecule has 0 aliphatic carbocycles. The summed E-state index contributed by atoms with van der Waals surface area (Å²) in [5, 5.41) is 5.50. The Kier molecular flexibility index (Phi) is 6.92. The summed E-state index contributed by atoms with van der Waals surface area (Å²) >= 11 is 9.17. The van der Waals surface area contributed by atoms with Gasteiger partial charge in [0.1, 0.15) is 5.75 Å². The first kappa shape index (κ1) is 16.2. The quantitative estimate of drug-likeness (QED) is 0.741. The molecular formula is C15H16ClNO2S2. The van der Waals surface area contributed by atoms with Gasteiger partial charge in [-0.2, -0.15) is 0 Å². The zero-order chi connectivity index (χ0) is 14.9. The molecular weight excluding hydrogens is 326 g/mol. The normalized spacial score (nSPS) is 10.3. The molecule has 0 unspecified atom stereocenters. The van der Waals surface area contributed by atoms with E-state index in [1.807, 2.05) is 35.7 Å². The highest BCUT2D eigenvalue weighted by atomic mass is 35.5. The van der Waals surface area contributed by atoms with E-state index in [0.717, 1.165) is 10.6 Å². The van der Waals surface area contributed by atoms with Crippen molar-refractivity contribution >= 4 is 40.6 Å². The van der Waals surface area contributed by atoms with E-state index in [4.69, 9.17) is 16.3 Å². The zero-order valence-corrected chi connectivity index (χ0v) is 13.8. The fourth-order valence-corrected chi connectivity index (χ4v) is 3.05. The van der Waals surface area contributed by atoms with E-state index in [0.29, 0.717) is 29.7 Å². The van der Waals surface area contributed by atoms with Gasteiger partial charge in [0.25, 0.3) is 0 Å². The van der Waals surface area contributed by atoms with E-state index in [1.54, 1.807) is 29.2 Å². The lowest BCUT2D eigenvalue weighted by Gasteiger charge is -2.07. The first-order valence-corrected chi connectivity index (χ1v) is 8.91. The van der Waals surface area contributed by atoms with E-state index < -0.39 is 0 Å². The van der Waals surface area contributed by atoms with E-state index in [-0.39, 0.29) is 5.91 Å². The van der Waals surface area contributed by atoms with Gasteiger partial charge in [-0.05, 0) is 23.6 Å². The number of benzene rings is 1. The van der Waals surface area contributed by atoms with Gasteiger partial charge >= 0.3 is 0 Å². The number of rotatable bonds is 8. The van der Waals surface area contributed by atoms with E-state index in [2.05, 4.69) is 5.32 Å². The average molecular weight is 342 g/mol. The first-order valence-electron chi connectivity index (χ1n) is 6.50. The molecule has 2 rings (SSSR count). The van der Waals surface area contributed by atoms with Crippen molar-refractivity contribution in [1.82, 2.24) is 5.32 Å². The molecule has 1 heterocycles. The molecule has 1 aromatic heterocycles. The standard InChI is InChI=1S/C15H16ClNO2S2/c16-13-5-1-2-6-14(13)19-7-9-20-11-15(18)17-10-12-4-3-8-21-12/h1-6,8H,7,9-11H2,(H,17,18). The minimum absolute atomic E-state index is 0.0474. The molecule has 1 amide bonds. The second kappa shape index (κ2) is 8.97. The van der Waals surface area contributed by atoms with Gasteiger partial charge in [-0.1, -0.05) is 29.8 Å². The maximum atomic E-state index is 11.6. The van der Waals surface area contributed by atoms with Crippen LogP contribution >= 0.6 is 34.7 Å². The van der Waals surface area contributed by atoms with Crippen molar-refractivity contribution in [2.24, 2.45) is 0 Å². The third-order valence-electron chi connectivity index (χ3n) is 2.59. The Morgan fingerprint density at radius 2 is 2.14 bits per heavy atom. The second-order valence-electron chi connectivity index (χ2n) is 4.19. The van der Waals surface area contributed by atoms with Gasteiger partial charge in [0, 0.05) is 10.6 Å². The van der Waals surface area contributed by atoms with Crippen LogP contribution in [-0.4, -0.2) is 24.0 Å². The van der Waals surface area contributed by atoms with Crippen molar-refractivity contribution in [3.05, 3.63) is 51.7 Å². The Labute approximate surface area is 137 Å². The molecule has 0 bridgehead atoms. The van der Waals surface area contributed by atoms with Crippen molar-refractivity contribution in [1.29, 1.82) is 0 Å². The van der Waals surface area contributed by atoms with Gasteiger partial charge in [0.2, 0.25) is 5.91 Å². The summed E-state index contributed by atoms with van der Waals surface area (Å²) in [4.78, 5) is 12.8. The molecule has 0 spiro atoms. The number of para-hydroxylation sites is 1. The van der Waals surface area contributed by atoms with Crippen LogP contribution in [0.1, 0.15) is 4.88 Å². The smallest absolute Gasteiger partial charge is 0.230 e. The van der Waals surface area contributed by atoms with Crippen molar-refractivity contribution in [2.75, 3.05) is 18.1 Å². The molecule has 0 aliphatic rings. The summed E-state index contributed by atoms with van der Waals surface area (Å²) < 4.78 is 5.55. The van der Waals surface area contributed by atoms with Gasteiger partial charge in [-0.25, -0.2) is 0 Å². The number of carbonyl (C=O) groups excluding carboxylic acids is 1. The highest BCUT2D eigenvalue weighted by Crippen LogP contribution is 2.23. The maximum Gasteiger partial charge on any atom is 0.230 e. The van der Waals surface area contributed by atoms with Crippen molar-refractivity contribution in [3.63, 3.8) is 0 Å². The van der Waals surface area contributed by atoms with E-state index in [9.17, 15) is 4.79 Å². The fraction of sp³-hybridized carbons (Fsp3) is 0.267. The van der Waals surface area contributed by atoms with Gasteiger partial charge in [0.05, 0.1) is 23.9 Å². The van der Waals surface area contributed by atoms with Gasteiger partial charge in [0.15, 0.2) is 0 Å². The number of nitrogens with one attached hydrogen (secondary N) is 1. The maximum absolute atomic E-state index is 11.6. The molecule has 0 aliphatic heterocycles. The third kappa shape index (κ3) is 5.99. The topological polar surface area (TPSA) is 38.3 Å². The van der Waals surface area contributed by atoms with Crippen LogP contribution in [-0.2, 0) is 11.3 Å². The van der Waals surface area contributed by atoms with E-state index >= 15 is 0 Å². The molecule has 1 N–H and O–H groups in total. The van der Waals surface area contributed by atoms with Crippen LogP contribution in [0.5, 0.6) is 5.75 Å². The minimum Gasteiger partial charge on any atom is -0.491 e. The largest absolute Gasteiger partial charge is 0.491 e. The number of thioether (sulfide) groups is 1. The second-order valence-corrected chi connectivity index (χ2v) is 6.73. The first-order chi connectivity index (χ1) is 10.3. The Morgan fingerprint density at radius 1 is 1.29 bits per heavy atom. The summed E-state index contributed by atoms with van der Waals surface area (Å²) in [5.41, 5.74) is 0. The summed E-state index contributed by atoms with van der Waals surface area (Å²) in [7, 11) is 0. The Balaban J connectivity index is 1.55. The van der Waals surface area contributed by atoms with E-state index in [1.165, 1.54) is 0 Å². The third-order valence-corrected chi connectivity index (χ3v) is 4.71. The number of amides is 1. The lowest BCUT2D eigenvalue weighted by Crippen LogP contribution is -2.24. The fourth-order valence-electron chi connectivity index (χ4n) is 1.59. The number of thiophene rings is 1. The lowest BCUT2D eigenvalue weighted by atomic mass is 10.3. The van der Waals surface area contributed by atoms with Crippen LogP contribution in [0.2, 0.25) is 5.02 Å². The molecule has 1 aromatic carbocycles. The van der Waals surface area contributed by atoms with Crippen molar-refractivity contribution in [3.8, 4) is 5.75 Å². The molecule has 21 heavy (non-hydrogen) atoms. The number of hydrogen-bond donors (Lipinski definition) is 1. The monoisotopic (exact) mass is 341 g/mol. The molecule has 0 radical (unpaired) electrons. The summed E-state index contributed by atoms with van der Waals surface area (Å²) in [5.74, 6) is 1.92. The van der Waals surface area contributed by atoms with Crippen LogP contribution in [0.15, 0.2) is 41.8 Å². The predicted molar refractivity (Wildman–Crippen MR) is 90.4 cm³/mol. The molecule has 112 valence electrons. The SMILES string of the molecule is O=C(CSCCOc1ccccc1Cl)NCc1cccs1. The van der Waals surface area contributed by atoms with Crippen LogP contribution in [0.3, 0.4) is 0 Å². The summed E-state index contributed by atoms with van der Waals surface area (Å²) in [6, 6.07) is 11.4. The molecule has 0 saturated heterocycles. The average Bonchev–Trinajstić information content (AvgIpc) is 3.00. The van der Waals surface area contributed by atoms with Gasteiger partial charge in [-0.3, -0.25) is 4.79 Å². The summed E-state index contributed by atoms with van der Waals surface area (Å²) in [6.45, 7) is 1.14. The Morgan fingerprint density at radius 3 is 2.90 bits per heavy atom. The molecule has 6 heteroatoms. The van der Waals surface area contributed by atoms with Gasteiger partial charge in [-0.15, -0.1) is 23.1 Å². The lowest BCUT2D eigenvalue weighted by molar-refractivity contribution is -0.118. The molecule has 3 nitrogen and oxygen atoms in total. The zero-order valence-electron chi connectivity index (χ0n) is 11.4. The number of halogens is 1. The number of hydrogen-bond acceptors (Lipinski definition) is 4. The Hall–Kier alpha value is -1.17. The molecule has 0 fully saturated rings. The van der Waals surface area contributed by atoms with Crippen molar-refractivity contribution < 1.29 is 9.53 Å². The molecule has 0 saturated carbocycles. The van der Waals surface area contributed by atoms with Crippen LogP contribution in [0.4, 0.5) is 0 Å². The van der Waals surface area contributed by atoms with Crippen molar-refractivity contribution in [2.45, 2.75) is 6.54 Å². The minimum atomic E-state index is 0.0474.